The Morgan fingerprint density at radius 1 is 0.897 bits per heavy atom. The number of benzene rings is 4. The molecule has 4 aromatic rings. The molecule has 1 fully saturated rings. The number of thioether (sulfide) groups is 1. The second kappa shape index (κ2) is 12.3. The molecule has 1 saturated heterocycles. The van der Waals surface area contributed by atoms with Crippen molar-refractivity contribution < 1.29 is 9.53 Å². The summed E-state index contributed by atoms with van der Waals surface area (Å²) in [5, 5.41) is 1.74. The van der Waals surface area contributed by atoms with E-state index in [0.717, 1.165) is 20.1 Å². The fraction of sp³-hybridized carbons (Fsp3) is 0.0667. The summed E-state index contributed by atoms with van der Waals surface area (Å²) >= 11 is 20.7. The predicted molar refractivity (Wildman–Crippen MR) is 170 cm³/mol. The van der Waals surface area contributed by atoms with Gasteiger partial charge in [0.25, 0.3) is 5.91 Å². The Kier molecular flexibility index (Phi) is 8.84. The predicted octanol–water partition coefficient (Wildman–Crippen LogP) is 10.2. The molecule has 9 heteroatoms. The zero-order chi connectivity index (χ0) is 27.5. The van der Waals surface area contributed by atoms with Crippen LogP contribution in [-0.4, -0.2) is 11.1 Å². The molecule has 0 N–H and O–H groups in total. The average Bonchev–Trinajstić information content (AvgIpc) is 3.20. The van der Waals surface area contributed by atoms with Gasteiger partial charge in [-0.2, -0.15) is 0 Å². The highest BCUT2D eigenvalue weighted by Crippen LogP contribution is 2.40. The largest absolute Gasteiger partial charge is 0.487 e. The van der Waals surface area contributed by atoms with Crippen LogP contribution in [0.2, 0.25) is 10.0 Å². The Bertz CT molecular complexity index is 1570. The molecule has 1 aliphatic heterocycles. The summed E-state index contributed by atoms with van der Waals surface area (Å²) in [6.07, 6.45) is 1.85. The van der Waals surface area contributed by atoms with Crippen LogP contribution in [0, 0.1) is 6.92 Å². The van der Waals surface area contributed by atoms with Crippen LogP contribution in [0.15, 0.2) is 104 Å². The van der Waals surface area contributed by atoms with Gasteiger partial charge < -0.3 is 4.74 Å². The van der Waals surface area contributed by atoms with E-state index in [1.165, 1.54) is 17.3 Å². The molecule has 0 spiro atoms. The molecule has 0 unspecified atom stereocenters. The van der Waals surface area contributed by atoms with Crippen molar-refractivity contribution in [3.05, 3.63) is 126 Å². The minimum atomic E-state index is -0.179. The first-order valence-electron chi connectivity index (χ1n) is 11.8. The lowest BCUT2D eigenvalue weighted by Gasteiger charge is -2.15. The number of hydrogen-bond acceptors (Lipinski definition) is 4. The number of ether oxygens (including phenoxy) is 1. The van der Waals surface area contributed by atoms with Gasteiger partial charge in [0.15, 0.2) is 5.17 Å². The molecule has 0 aromatic heterocycles. The van der Waals surface area contributed by atoms with Gasteiger partial charge in [-0.1, -0.05) is 53.0 Å². The molecule has 0 radical (unpaired) electrons. The molecular weight excluding hydrogens is 683 g/mol. The van der Waals surface area contributed by atoms with Crippen LogP contribution in [0.25, 0.3) is 6.08 Å². The normalized spacial score (nSPS) is 15.4. The molecule has 5 rings (SSSR count). The van der Waals surface area contributed by atoms with E-state index in [-0.39, 0.29) is 5.91 Å². The zero-order valence-corrected chi connectivity index (χ0v) is 26.0. The summed E-state index contributed by atoms with van der Waals surface area (Å²) in [7, 11) is 0. The van der Waals surface area contributed by atoms with E-state index in [2.05, 4.69) is 63.0 Å². The Morgan fingerprint density at radius 2 is 1.49 bits per heavy atom. The van der Waals surface area contributed by atoms with E-state index in [1.807, 2.05) is 30.3 Å². The number of nitrogens with zero attached hydrogens (tertiary/aromatic N) is 2. The van der Waals surface area contributed by atoms with Crippen molar-refractivity contribution in [1.82, 2.24) is 0 Å². The van der Waals surface area contributed by atoms with Crippen molar-refractivity contribution in [2.75, 3.05) is 4.90 Å². The first-order valence-corrected chi connectivity index (χ1v) is 14.9. The summed E-state index contributed by atoms with van der Waals surface area (Å²) in [5.74, 6) is 0.512. The maximum atomic E-state index is 13.6. The Labute approximate surface area is 257 Å². The number of amidine groups is 1. The topological polar surface area (TPSA) is 41.9 Å². The number of aliphatic imine (C=N–C) groups is 1. The number of carbonyl (C=O) groups is 1. The van der Waals surface area contributed by atoms with Gasteiger partial charge in [0.1, 0.15) is 12.4 Å². The second-order valence-electron chi connectivity index (χ2n) is 8.69. The van der Waals surface area contributed by atoms with Crippen LogP contribution >= 0.6 is 66.8 Å². The summed E-state index contributed by atoms with van der Waals surface area (Å²) in [6, 6.07) is 26.3. The zero-order valence-electron chi connectivity index (χ0n) is 20.5. The van der Waals surface area contributed by atoms with Crippen LogP contribution in [0.4, 0.5) is 11.4 Å². The minimum absolute atomic E-state index is 0.179. The molecule has 0 saturated carbocycles. The highest BCUT2D eigenvalue weighted by Gasteiger charge is 2.35. The molecule has 4 nitrogen and oxygen atoms in total. The van der Waals surface area contributed by atoms with Gasteiger partial charge in [0, 0.05) is 10.0 Å². The minimum Gasteiger partial charge on any atom is -0.487 e. The first-order chi connectivity index (χ1) is 18.8. The molecule has 1 heterocycles. The first kappa shape index (κ1) is 28.0. The van der Waals surface area contributed by atoms with E-state index >= 15 is 0 Å². The summed E-state index contributed by atoms with van der Waals surface area (Å²) < 4.78 is 7.63. The van der Waals surface area contributed by atoms with Gasteiger partial charge >= 0.3 is 0 Å². The van der Waals surface area contributed by atoms with E-state index in [9.17, 15) is 4.79 Å². The number of amides is 1. The second-order valence-corrected chi connectivity index (χ2v) is 12.3. The Balaban J connectivity index is 1.44. The summed E-state index contributed by atoms with van der Waals surface area (Å²) in [6.45, 7) is 2.49. The van der Waals surface area contributed by atoms with Crippen molar-refractivity contribution in [2.24, 2.45) is 4.99 Å². The standard InChI is InChI=1S/C30H20Br2Cl2N2O2S/c1-18-2-4-19(5-3-18)17-38-28-25(31)14-20(15-26(28)32)16-27-29(37)36(24-12-8-22(34)9-13-24)30(39-27)35-23-10-6-21(33)7-11-23/h2-16H,17H2,1H3/b27-16-,35-30?. The van der Waals surface area contributed by atoms with Crippen LogP contribution < -0.4 is 9.64 Å². The van der Waals surface area contributed by atoms with Gasteiger partial charge in [-0.15, -0.1) is 0 Å². The van der Waals surface area contributed by atoms with Crippen molar-refractivity contribution in [1.29, 1.82) is 0 Å². The lowest BCUT2D eigenvalue weighted by Crippen LogP contribution is -2.28. The molecular formula is C30H20Br2Cl2N2O2S. The fourth-order valence-corrected chi connectivity index (χ4v) is 6.49. The van der Waals surface area contributed by atoms with Crippen LogP contribution in [-0.2, 0) is 11.4 Å². The maximum absolute atomic E-state index is 13.6. The molecule has 196 valence electrons. The van der Waals surface area contributed by atoms with Crippen LogP contribution in [0.3, 0.4) is 0 Å². The number of halogens is 4. The van der Waals surface area contributed by atoms with Gasteiger partial charge in [-0.05, 0) is 128 Å². The number of hydrogen-bond donors (Lipinski definition) is 0. The Morgan fingerprint density at radius 3 is 2.10 bits per heavy atom. The SMILES string of the molecule is Cc1ccc(COc2c(Br)cc(/C=C3\SC(=Nc4ccc(Cl)cc4)N(c4ccc(Cl)cc4)C3=O)cc2Br)cc1. The van der Waals surface area contributed by atoms with E-state index in [0.29, 0.717) is 43.8 Å². The van der Waals surface area contributed by atoms with Crippen molar-refractivity contribution >= 4 is 95.3 Å². The van der Waals surface area contributed by atoms with Crippen molar-refractivity contribution in [2.45, 2.75) is 13.5 Å². The summed E-state index contributed by atoms with van der Waals surface area (Å²) in [4.78, 5) is 20.5. The van der Waals surface area contributed by atoms with E-state index in [1.54, 1.807) is 41.3 Å². The van der Waals surface area contributed by atoms with E-state index in [4.69, 9.17) is 32.9 Å². The molecule has 0 bridgehead atoms. The van der Waals surface area contributed by atoms with E-state index < -0.39 is 0 Å². The van der Waals surface area contributed by atoms with Gasteiger partial charge in [0.05, 0.1) is 25.2 Å². The highest BCUT2D eigenvalue weighted by molar-refractivity contribution is 9.11. The smallest absolute Gasteiger partial charge is 0.271 e. The maximum Gasteiger partial charge on any atom is 0.271 e. The van der Waals surface area contributed by atoms with Gasteiger partial charge in [0.2, 0.25) is 0 Å². The fourth-order valence-electron chi connectivity index (χ4n) is 3.78. The highest BCUT2D eigenvalue weighted by atomic mass is 79.9. The van der Waals surface area contributed by atoms with Crippen LogP contribution in [0.5, 0.6) is 5.75 Å². The van der Waals surface area contributed by atoms with Gasteiger partial charge in [-0.3, -0.25) is 9.69 Å². The van der Waals surface area contributed by atoms with Crippen molar-refractivity contribution in [3.63, 3.8) is 0 Å². The molecule has 1 aliphatic rings. The number of carbonyl (C=O) groups excluding carboxylic acids is 1. The number of anilines is 1. The summed E-state index contributed by atoms with van der Waals surface area (Å²) in [5.41, 5.74) is 4.48. The molecule has 0 atom stereocenters. The molecule has 4 aromatic carbocycles. The van der Waals surface area contributed by atoms with Crippen molar-refractivity contribution in [3.8, 4) is 5.75 Å². The third-order valence-corrected chi connectivity index (χ3v) is 8.42. The van der Waals surface area contributed by atoms with Gasteiger partial charge in [-0.25, -0.2) is 4.99 Å². The third-order valence-electron chi connectivity index (χ3n) is 5.76. The molecule has 39 heavy (non-hydrogen) atoms. The monoisotopic (exact) mass is 700 g/mol. The Hall–Kier alpha value is -2.55. The number of rotatable bonds is 6. The number of aryl methyl sites for hydroxylation is 1. The lowest BCUT2D eigenvalue weighted by atomic mass is 10.1. The molecule has 0 aliphatic carbocycles. The molecule has 1 amide bonds. The third kappa shape index (κ3) is 6.79. The lowest BCUT2D eigenvalue weighted by molar-refractivity contribution is -0.113. The van der Waals surface area contributed by atoms with Crippen LogP contribution in [0.1, 0.15) is 16.7 Å². The average molecular weight is 703 g/mol. The quantitative estimate of drug-likeness (QED) is 0.188.